The van der Waals surface area contributed by atoms with Crippen LogP contribution >= 0.6 is 0 Å². The first-order valence-corrected chi connectivity index (χ1v) is 9.35. The molecular weight excluding hydrogens is 322 g/mol. The molecule has 0 unspecified atom stereocenters. The summed E-state index contributed by atoms with van der Waals surface area (Å²) in [6.07, 6.45) is 2.84. The Labute approximate surface area is 155 Å². The van der Waals surface area contributed by atoms with Crippen molar-refractivity contribution in [2.24, 2.45) is 0 Å². The molecule has 3 rings (SSSR count). The maximum atomic E-state index is 12.4. The number of rotatable bonds is 8. The van der Waals surface area contributed by atoms with E-state index in [2.05, 4.69) is 41.2 Å². The maximum absolute atomic E-state index is 12.4. The normalized spacial score (nSPS) is 11.2. The smallest absolute Gasteiger partial charge is 0.251 e. The van der Waals surface area contributed by atoms with E-state index in [0.717, 1.165) is 31.6 Å². The molecule has 3 aromatic rings. The first kappa shape index (κ1) is 18.2. The van der Waals surface area contributed by atoms with Crippen molar-refractivity contribution in [1.29, 1.82) is 0 Å². The van der Waals surface area contributed by atoms with Crippen LogP contribution in [0.2, 0.25) is 0 Å². The highest BCUT2D eigenvalue weighted by Crippen LogP contribution is 2.17. The third-order valence-electron chi connectivity index (χ3n) is 4.87. The Morgan fingerprint density at radius 3 is 2.50 bits per heavy atom. The fourth-order valence-electron chi connectivity index (χ4n) is 3.22. The Hall–Kier alpha value is -2.59. The monoisotopic (exact) mass is 349 g/mol. The number of fused-ring (bicyclic) bond motifs is 1. The number of carbonyl (C=O) groups is 1. The molecule has 0 aliphatic heterocycles. The summed E-state index contributed by atoms with van der Waals surface area (Å²) in [5.41, 5.74) is 4.32. The zero-order chi connectivity index (χ0) is 18.4. The lowest BCUT2D eigenvalue weighted by Crippen LogP contribution is -2.26. The van der Waals surface area contributed by atoms with E-state index in [1.54, 1.807) is 0 Å². The second-order valence-electron chi connectivity index (χ2n) is 6.52. The highest BCUT2D eigenvalue weighted by atomic mass is 16.1. The molecule has 0 saturated heterocycles. The summed E-state index contributed by atoms with van der Waals surface area (Å²) in [6.45, 7) is 7.95. The van der Waals surface area contributed by atoms with Gasteiger partial charge in [-0.3, -0.25) is 9.69 Å². The van der Waals surface area contributed by atoms with Crippen LogP contribution < -0.4 is 5.32 Å². The highest BCUT2D eigenvalue weighted by molar-refractivity contribution is 5.94. The molecule has 0 aliphatic carbocycles. The van der Waals surface area contributed by atoms with Crippen molar-refractivity contribution in [3.8, 4) is 0 Å². The molecule has 1 aromatic heterocycles. The third kappa shape index (κ3) is 4.33. The van der Waals surface area contributed by atoms with E-state index < -0.39 is 0 Å². The number of carbonyl (C=O) groups excluding carboxylic acids is 1. The zero-order valence-corrected chi connectivity index (χ0v) is 15.6. The number of H-pyrrole nitrogens is 1. The fraction of sp³-hybridized carbons (Fsp3) is 0.318. The number of benzene rings is 2. The van der Waals surface area contributed by atoms with Gasteiger partial charge in [-0.1, -0.05) is 44.2 Å². The minimum atomic E-state index is -0.0146. The van der Waals surface area contributed by atoms with Crippen LogP contribution in [0.25, 0.3) is 10.9 Å². The van der Waals surface area contributed by atoms with E-state index in [1.807, 2.05) is 42.6 Å². The first-order valence-electron chi connectivity index (χ1n) is 9.35. The topological polar surface area (TPSA) is 48.1 Å². The summed E-state index contributed by atoms with van der Waals surface area (Å²) in [6, 6.07) is 16.2. The summed E-state index contributed by atoms with van der Waals surface area (Å²) in [5, 5.41) is 4.25. The molecule has 2 N–H and O–H groups in total. The third-order valence-corrected chi connectivity index (χ3v) is 4.87. The van der Waals surface area contributed by atoms with E-state index in [9.17, 15) is 4.79 Å². The first-order chi connectivity index (χ1) is 12.7. The molecular formula is C22H27N3O. The van der Waals surface area contributed by atoms with Gasteiger partial charge in [-0.25, -0.2) is 0 Å². The van der Waals surface area contributed by atoms with Gasteiger partial charge in [0.2, 0.25) is 0 Å². The van der Waals surface area contributed by atoms with E-state index in [-0.39, 0.29) is 5.91 Å². The second-order valence-corrected chi connectivity index (χ2v) is 6.52. The molecule has 0 fully saturated rings. The van der Waals surface area contributed by atoms with Gasteiger partial charge in [-0.05, 0) is 48.8 Å². The average Bonchev–Trinajstić information content (AvgIpc) is 3.10. The lowest BCUT2D eigenvalue weighted by molar-refractivity contribution is 0.0954. The van der Waals surface area contributed by atoms with Crippen LogP contribution in [0, 0.1) is 0 Å². The average molecular weight is 349 g/mol. The molecule has 4 nitrogen and oxygen atoms in total. The summed E-state index contributed by atoms with van der Waals surface area (Å²) in [4.78, 5) is 18.0. The molecule has 0 atom stereocenters. The Morgan fingerprint density at radius 2 is 1.77 bits per heavy atom. The van der Waals surface area contributed by atoms with Gasteiger partial charge in [-0.2, -0.15) is 0 Å². The molecule has 0 bridgehead atoms. The van der Waals surface area contributed by atoms with Crippen LogP contribution in [0.15, 0.2) is 54.7 Å². The maximum Gasteiger partial charge on any atom is 0.251 e. The predicted octanol–water partition coefficient (Wildman–Crippen LogP) is 3.98. The summed E-state index contributed by atoms with van der Waals surface area (Å²) in [5.74, 6) is -0.0146. The Balaban J connectivity index is 1.53. The van der Waals surface area contributed by atoms with Crippen molar-refractivity contribution in [3.05, 3.63) is 71.4 Å². The van der Waals surface area contributed by atoms with Crippen molar-refractivity contribution >= 4 is 16.8 Å². The van der Waals surface area contributed by atoms with Gasteiger partial charge >= 0.3 is 0 Å². The van der Waals surface area contributed by atoms with Crippen LogP contribution in [0.4, 0.5) is 0 Å². The molecule has 0 radical (unpaired) electrons. The zero-order valence-electron chi connectivity index (χ0n) is 15.6. The molecule has 26 heavy (non-hydrogen) atoms. The SMILES string of the molecule is CCN(CC)Cc1ccc(C(=O)NCCc2c[nH]c3ccccc23)cc1. The van der Waals surface area contributed by atoms with Crippen molar-refractivity contribution < 1.29 is 4.79 Å². The highest BCUT2D eigenvalue weighted by Gasteiger charge is 2.08. The van der Waals surface area contributed by atoms with Crippen molar-refractivity contribution in [3.63, 3.8) is 0 Å². The van der Waals surface area contributed by atoms with Crippen LogP contribution in [0.1, 0.15) is 35.3 Å². The standard InChI is InChI=1S/C22H27N3O/c1-3-25(4-2)16-17-9-11-18(12-10-17)22(26)23-14-13-19-15-24-21-8-6-5-7-20(19)21/h5-12,15,24H,3-4,13-14,16H2,1-2H3,(H,23,26). The second kappa shape index (κ2) is 8.68. The van der Waals surface area contributed by atoms with Gasteiger partial charge in [0.25, 0.3) is 5.91 Å². The van der Waals surface area contributed by atoms with Gasteiger partial charge in [0.05, 0.1) is 0 Å². The quantitative estimate of drug-likeness (QED) is 0.646. The number of hydrogen-bond acceptors (Lipinski definition) is 2. The molecule has 1 heterocycles. The Morgan fingerprint density at radius 1 is 1.04 bits per heavy atom. The summed E-state index contributed by atoms with van der Waals surface area (Å²) >= 11 is 0. The van der Waals surface area contributed by atoms with E-state index >= 15 is 0 Å². The van der Waals surface area contributed by atoms with Crippen LogP contribution in [0.5, 0.6) is 0 Å². The number of nitrogens with zero attached hydrogens (tertiary/aromatic N) is 1. The number of hydrogen-bond donors (Lipinski definition) is 2. The van der Waals surface area contributed by atoms with E-state index in [0.29, 0.717) is 12.1 Å². The largest absolute Gasteiger partial charge is 0.361 e. The molecule has 2 aromatic carbocycles. The summed E-state index contributed by atoms with van der Waals surface area (Å²) < 4.78 is 0. The van der Waals surface area contributed by atoms with E-state index in [4.69, 9.17) is 0 Å². The molecule has 1 amide bonds. The number of aromatic nitrogens is 1. The molecule has 4 heteroatoms. The predicted molar refractivity (Wildman–Crippen MR) is 107 cm³/mol. The fourth-order valence-corrected chi connectivity index (χ4v) is 3.22. The minimum absolute atomic E-state index is 0.0146. The summed E-state index contributed by atoms with van der Waals surface area (Å²) in [7, 11) is 0. The van der Waals surface area contributed by atoms with Crippen LogP contribution in [-0.2, 0) is 13.0 Å². The van der Waals surface area contributed by atoms with Crippen molar-refractivity contribution in [2.75, 3.05) is 19.6 Å². The molecule has 136 valence electrons. The number of aromatic amines is 1. The van der Waals surface area contributed by atoms with Gasteiger partial charge < -0.3 is 10.3 Å². The molecule has 0 spiro atoms. The molecule has 0 aliphatic rings. The Bertz CT molecular complexity index is 847. The van der Waals surface area contributed by atoms with Gasteiger partial charge in [-0.15, -0.1) is 0 Å². The Kier molecular flexibility index (Phi) is 6.08. The van der Waals surface area contributed by atoms with Gasteiger partial charge in [0.15, 0.2) is 0 Å². The van der Waals surface area contributed by atoms with Crippen LogP contribution in [0.3, 0.4) is 0 Å². The lowest BCUT2D eigenvalue weighted by Gasteiger charge is -2.18. The lowest BCUT2D eigenvalue weighted by atomic mass is 10.1. The van der Waals surface area contributed by atoms with Crippen molar-refractivity contribution in [2.45, 2.75) is 26.8 Å². The number of amides is 1. The van der Waals surface area contributed by atoms with Crippen LogP contribution in [-0.4, -0.2) is 35.4 Å². The number of nitrogens with one attached hydrogen (secondary N) is 2. The van der Waals surface area contributed by atoms with Gasteiger partial charge in [0, 0.05) is 35.8 Å². The van der Waals surface area contributed by atoms with E-state index in [1.165, 1.54) is 16.5 Å². The molecule has 0 saturated carbocycles. The van der Waals surface area contributed by atoms with Crippen molar-refractivity contribution in [1.82, 2.24) is 15.2 Å². The van der Waals surface area contributed by atoms with Gasteiger partial charge in [0.1, 0.15) is 0 Å². The minimum Gasteiger partial charge on any atom is -0.361 e. The number of para-hydroxylation sites is 1.